The molecule has 1 atom stereocenters. The molecule has 4 heteroatoms. The van der Waals surface area contributed by atoms with Gasteiger partial charge < -0.3 is 5.32 Å². The van der Waals surface area contributed by atoms with E-state index in [-0.39, 0.29) is 0 Å². The number of hydrogen-bond donors (Lipinski definition) is 1. The number of nitrogens with zero attached hydrogens (tertiary/aromatic N) is 1. The van der Waals surface area contributed by atoms with Crippen molar-refractivity contribution in [3.8, 4) is 0 Å². The van der Waals surface area contributed by atoms with Crippen LogP contribution >= 0.6 is 23.1 Å². The van der Waals surface area contributed by atoms with Crippen molar-refractivity contribution >= 4 is 23.1 Å². The smallest absolute Gasteiger partial charge is 0.0897 e. The van der Waals surface area contributed by atoms with Crippen LogP contribution in [0.1, 0.15) is 31.0 Å². The Kier molecular flexibility index (Phi) is 4.50. The minimum absolute atomic E-state index is 0.498. The predicted octanol–water partition coefficient (Wildman–Crippen LogP) is 3.12. The van der Waals surface area contributed by atoms with Crippen LogP contribution < -0.4 is 5.32 Å². The van der Waals surface area contributed by atoms with Crippen LogP contribution in [0.15, 0.2) is 5.38 Å². The van der Waals surface area contributed by atoms with E-state index in [0.29, 0.717) is 11.5 Å². The summed E-state index contributed by atoms with van der Waals surface area (Å²) in [5, 5.41) is 7.03. The number of thiazole rings is 1. The van der Waals surface area contributed by atoms with Crippen molar-refractivity contribution < 1.29 is 0 Å². The number of hydrogen-bond acceptors (Lipinski definition) is 4. The van der Waals surface area contributed by atoms with Crippen molar-refractivity contribution in [1.82, 2.24) is 10.3 Å². The molecule has 1 saturated heterocycles. The molecule has 0 amide bonds. The molecule has 1 unspecified atom stereocenters. The van der Waals surface area contributed by atoms with E-state index in [1.165, 1.54) is 28.6 Å². The summed E-state index contributed by atoms with van der Waals surface area (Å²) < 4.78 is 0. The maximum atomic E-state index is 4.50. The minimum atomic E-state index is 0.498. The van der Waals surface area contributed by atoms with Crippen LogP contribution in [0, 0.1) is 12.3 Å². The van der Waals surface area contributed by atoms with Crippen molar-refractivity contribution in [2.45, 2.75) is 39.7 Å². The second kappa shape index (κ2) is 5.72. The van der Waals surface area contributed by atoms with Crippen molar-refractivity contribution in [2.75, 3.05) is 18.1 Å². The van der Waals surface area contributed by atoms with Gasteiger partial charge >= 0.3 is 0 Å². The minimum Gasteiger partial charge on any atom is -0.313 e. The fraction of sp³-hybridized carbons (Fsp3) is 0.769. The maximum Gasteiger partial charge on any atom is 0.0897 e. The van der Waals surface area contributed by atoms with Gasteiger partial charge in [0.25, 0.3) is 0 Å². The Morgan fingerprint density at radius 2 is 2.35 bits per heavy atom. The molecule has 2 nitrogen and oxygen atoms in total. The predicted molar refractivity (Wildman–Crippen MR) is 78.1 cm³/mol. The van der Waals surface area contributed by atoms with E-state index >= 15 is 0 Å². The zero-order chi connectivity index (χ0) is 12.3. The number of nitrogens with one attached hydrogen (secondary N) is 1. The SMILES string of the molecule is Cc1nc(CCNC2CSCC(C)(C)C2)cs1. The molecule has 0 spiro atoms. The number of thioether (sulfide) groups is 1. The normalized spacial score (nSPS) is 23.8. The summed E-state index contributed by atoms with van der Waals surface area (Å²) >= 11 is 3.83. The van der Waals surface area contributed by atoms with E-state index < -0.39 is 0 Å². The monoisotopic (exact) mass is 270 g/mol. The molecular weight excluding hydrogens is 248 g/mol. The highest BCUT2D eigenvalue weighted by Crippen LogP contribution is 2.33. The molecule has 1 aliphatic heterocycles. The molecule has 0 radical (unpaired) electrons. The molecular formula is C13H22N2S2. The summed E-state index contributed by atoms with van der Waals surface area (Å²) in [6.07, 6.45) is 2.36. The zero-order valence-corrected chi connectivity index (χ0v) is 12.6. The summed E-state index contributed by atoms with van der Waals surface area (Å²) in [5.74, 6) is 2.57. The van der Waals surface area contributed by atoms with Gasteiger partial charge in [-0.15, -0.1) is 11.3 Å². The first-order valence-electron chi connectivity index (χ1n) is 6.27. The summed E-state index contributed by atoms with van der Waals surface area (Å²) in [5.41, 5.74) is 1.74. The highest BCUT2D eigenvalue weighted by Gasteiger charge is 2.27. The van der Waals surface area contributed by atoms with Crippen LogP contribution in [-0.2, 0) is 6.42 Å². The van der Waals surface area contributed by atoms with Crippen molar-refractivity contribution in [3.63, 3.8) is 0 Å². The van der Waals surface area contributed by atoms with Crippen LogP contribution in [0.5, 0.6) is 0 Å². The third kappa shape index (κ3) is 4.27. The van der Waals surface area contributed by atoms with E-state index in [9.17, 15) is 0 Å². The lowest BCUT2D eigenvalue weighted by atomic mass is 9.88. The Morgan fingerprint density at radius 1 is 1.53 bits per heavy atom. The lowest BCUT2D eigenvalue weighted by molar-refractivity contribution is 0.319. The molecule has 96 valence electrons. The molecule has 0 saturated carbocycles. The quantitative estimate of drug-likeness (QED) is 0.910. The molecule has 1 aromatic rings. The summed E-state index contributed by atoms with van der Waals surface area (Å²) in [6, 6.07) is 0.684. The van der Waals surface area contributed by atoms with Gasteiger partial charge in [0.2, 0.25) is 0 Å². The van der Waals surface area contributed by atoms with Crippen LogP contribution in [0.2, 0.25) is 0 Å². The molecule has 1 aliphatic rings. The van der Waals surface area contributed by atoms with Crippen molar-refractivity contribution in [1.29, 1.82) is 0 Å². The average molecular weight is 270 g/mol. The van der Waals surface area contributed by atoms with E-state index in [1.54, 1.807) is 11.3 Å². The fourth-order valence-corrected chi connectivity index (χ4v) is 4.28. The fourth-order valence-electron chi connectivity index (χ4n) is 2.32. The highest BCUT2D eigenvalue weighted by atomic mass is 32.2. The summed E-state index contributed by atoms with van der Waals surface area (Å²) in [6.45, 7) is 7.88. The van der Waals surface area contributed by atoms with E-state index in [1.807, 2.05) is 0 Å². The van der Waals surface area contributed by atoms with Crippen molar-refractivity contribution in [3.05, 3.63) is 16.1 Å². The number of rotatable bonds is 4. The maximum absolute atomic E-state index is 4.50. The topological polar surface area (TPSA) is 24.9 Å². The van der Waals surface area contributed by atoms with Crippen LogP contribution in [-0.4, -0.2) is 29.1 Å². The van der Waals surface area contributed by atoms with Gasteiger partial charge in [-0.25, -0.2) is 4.98 Å². The Bertz CT molecular complexity index is 360. The lowest BCUT2D eigenvalue weighted by Gasteiger charge is -2.35. The van der Waals surface area contributed by atoms with Crippen LogP contribution in [0.25, 0.3) is 0 Å². The van der Waals surface area contributed by atoms with Gasteiger partial charge in [0.15, 0.2) is 0 Å². The largest absolute Gasteiger partial charge is 0.313 e. The van der Waals surface area contributed by atoms with Gasteiger partial charge in [0.1, 0.15) is 0 Å². The Balaban J connectivity index is 1.71. The summed E-state index contributed by atoms with van der Waals surface area (Å²) in [4.78, 5) is 4.50. The molecule has 0 aromatic carbocycles. The van der Waals surface area contributed by atoms with Crippen molar-refractivity contribution in [2.24, 2.45) is 5.41 Å². The lowest BCUT2D eigenvalue weighted by Crippen LogP contribution is -2.41. The van der Waals surface area contributed by atoms with Gasteiger partial charge in [-0.3, -0.25) is 0 Å². The second-order valence-corrected chi connectivity index (χ2v) is 7.73. The van der Waals surface area contributed by atoms with Gasteiger partial charge in [-0.1, -0.05) is 13.8 Å². The second-order valence-electron chi connectivity index (χ2n) is 5.64. The van der Waals surface area contributed by atoms with Gasteiger partial charge in [-0.2, -0.15) is 11.8 Å². The first-order valence-corrected chi connectivity index (χ1v) is 8.31. The Morgan fingerprint density at radius 3 is 3.00 bits per heavy atom. The molecule has 1 aromatic heterocycles. The number of aryl methyl sites for hydroxylation is 1. The van der Waals surface area contributed by atoms with E-state index in [0.717, 1.165) is 13.0 Å². The number of aromatic nitrogens is 1. The molecule has 17 heavy (non-hydrogen) atoms. The molecule has 0 bridgehead atoms. The highest BCUT2D eigenvalue weighted by molar-refractivity contribution is 7.99. The van der Waals surface area contributed by atoms with Crippen LogP contribution in [0.4, 0.5) is 0 Å². The van der Waals surface area contributed by atoms with Gasteiger partial charge in [-0.05, 0) is 24.5 Å². The molecule has 0 aliphatic carbocycles. The Hall–Kier alpha value is -0.0600. The van der Waals surface area contributed by atoms with Gasteiger partial charge in [0, 0.05) is 30.1 Å². The third-order valence-electron chi connectivity index (χ3n) is 3.09. The first-order chi connectivity index (χ1) is 8.05. The van der Waals surface area contributed by atoms with Gasteiger partial charge in [0.05, 0.1) is 10.7 Å². The first kappa shape index (κ1) is 13.4. The standard InChI is InChI=1S/C13H22N2S2/c1-10-15-11(8-17-10)4-5-14-12-6-13(2,3)9-16-7-12/h8,12,14H,4-7,9H2,1-3H3. The molecule has 2 rings (SSSR count). The van der Waals surface area contributed by atoms with E-state index in [4.69, 9.17) is 0 Å². The third-order valence-corrected chi connectivity index (χ3v) is 5.54. The van der Waals surface area contributed by atoms with E-state index in [2.05, 4.69) is 48.2 Å². The molecule has 2 heterocycles. The zero-order valence-electron chi connectivity index (χ0n) is 11.0. The van der Waals surface area contributed by atoms with Crippen LogP contribution in [0.3, 0.4) is 0 Å². The average Bonchev–Trinajstić information content (AvgIpc) is 2.63. The Labute approximate surface area is 113 Å². The summed E-state index contributed by atoms with van der Waals surface area (Å²) in [7, 11) is 0. The molecule has 1 N–H and O–H groups in total. The molecule has 1 fully saturated rings.